The highest BCUT2D eigenvalue weighted by Crippen LogP contribution is 2.38. The van der Waals surface area contributed by atoms with Crippen LogP contribution in [-0.4, -0.2) is 29.2 Å². The number of amides is 1. The third-order valence-corrected chi connectivity index (χ3v) is 3.57. The molecule has 3 rings (SSSR count). The number of aromatic nitrogens is 1. The molecule has 6 heteroatoms. The van der Waals surface area contributed by atoms with Crippen LogP contribution in [-0.2, 0) is 4.79 Å². The lowest BCUT2D eigenvalue weighted by Gasteiger charge is -2.09. The first-order chi connectivity index (χ1) is 9.49. The molecule has 1 aliphatic rings. The third kappa shape index (κ3) is 1.69. The maximum absolute atomic E-state index is 11.9. The number of carbonyl (C=O) groups is 2. The summed E-state index contributed by atoms with van der Waals surface area (Å²) in [4.78, 5) is 24.3. The van der Waals surface area contributed by atoms with Gasteiger partial charge in [0, 0.05) is 24.4 Å². The maximum atomic E-state index is 11.9. The van der Waals surface area contributed by atoms with E-state index in [-0.39, 0.29) is 17.5 Å². The largest absolute Gasteiger partial charge is 0.476 e. The van der Waals surface area contributed by atoms with Crippen LogP contribution in [0.2, 0.25) is 0 Å². The van der Waals surface area contributed by atoms with E-state index < -0.39 is 5.97 Å². The van der Waals surface area contributed by atoms with Gasteiger partial charge in [-0.1, -0.05) is 5.16 Å². The Hall–Kier alpha value is -2.63. The molecular weight excluding hydrogens is 260 g/mol. The molecule has 1 unspecified atom stereocenters. The number of benzene rings is 1. The highest BCUT2D eigenvalue weighted by Gasteiger charge is 2.32. The minimum absolute atomic E-state index is 0.0425. The van der Waals surface area contributed by atoms with Crippen LogP contribution in [0.15, 0.2) is 28.8 Å². The van der Waals surface area contributed by atoms with Gasteiger partial charge in [0.15, 0.2) is 11.5 Å². The number of carboxylic acid groups (broad SMARTS) is 1. The van der Waals surface area contributed by atoms with Crippen molar-refractivity contribution >= 4 is 17.6 Å². The molecular formula is C14H12N2O4. The van der Waals surface area contributed by atoms with E-state index in [4.69, 9.17) is 9.63 Å². The molecule has 1 atom stereocenters. The van der Waals surface area contributed by atoms with Crippen molar-refractivity contribution in [2.24, 2.45) is 0 Å². The number of likely N-dealkylation sites (N-methyl/N-ethyl adjacent to an activating group) is 1. The number of hydrogen-bond donors (Lipinski definition) is 1. The summed E-state index contributed by atoms with van der Waals surface area (Å²) in [5, 5.41) is 12.3. The minimum atomic E-state index is -1.13. The Morgan fingerprint density at radius 1 is 1.40 bits per heavy atom. The molecule has 1 amide bonds. The molecule has 1 aromatic heterocycles. The van der Waals surface area contributed by atoms with Gasteiger partial charge in [0.2, 0.25) is 5.91 Å². The SMILES string of the molecule is CC1C(=O)N(C)c2ccc(-c3cc(C(=O)O)no3)cc21. The van der Waals surface area contributed by atoms with Crippen molar-refractivity contribution in [2.75, 3.05) is 11.9 Å². The molecule has 0 fully saturated rings. The van der Waals surface area contributed by atoms with Gasteiger partial charge in [-0.05, 0) is 30.7 Å². The molecule has 2 heterocycles. The fraction of sp³-hybridized carbons (Fsp3) is 0.214. The Bertz CT molecular complexity index is 720. The van der Waals surface area contributed by atoms with Crippen molar-refractivity contribution in [1.29, 1.82) is 0 Å². The van der Waals surface area contributed by atoms with Crippen LogP contribution in [0.25, 0.3) is 11.3 Å². The van der Waals surface area contributed by atoms with Gasteiger partial charge in [0.1, 0.15) is 0 Å². The summed E-state index contributed by atoms with van der Waals surface area (Å²) in [7, 11) is 1.74. The predicted octanol–water partition coefficient (Wildman–Crippen LogP) is 2.12. The fourth-order valence-corrected chi connectivity index (χ4v) is 2.41. The van der Waals surface area contributed by atoms with Crippen LogP contribution in [0, 0.1) is 0 Å². The lowest BCUT2D eigenvalue weighted by Crippen LogP contribution is -2.22. The van der Waals surface area contributed by atoms with Gasteiger partial charge in [0.25, 0.3) is 0 Å². The van der Waals surface area contributed by atoms with Crippen LogP contribution < -0.4 is 4.90 Å². The van der Waals surface area contributed by atoms with Crippen molar-refractivity contribution in [2.45, 2.75) is 12.8 Å². The number of carboxylic acids is 1. The summed E-state index contributed by atoms with van der Waals surface area (Å²) in [6.45, 7) is 1.84. The van der Waals surface area contributed by atoms with Crippen molar-refractivity contribution < 1.29 is 19.2 Å². The minimum Gasteiger partial charge on any atom is -0.476 e. The zero-order valence-electron chi connectivity index (χ0n) is 11.0. The van der Waals surface area contributed by atoms with Crippen LogP contribution in [0.4, 0.5) is 5.69 Å². The number of rotatable bonds is 2. The monoisotopic (exact) mass is 272 g/mol. The van der Waals surface area contributed by atoms with Gasteiger partial charge >= 0.3 is 5.97 Å². The number of hydrogen-bond acceptors (Lipinski definition) is 4. The van der Waals surface area contributed by atoms with Gasteiger partial charge in [0.05, 0.1) is 5.92 Å². The number of aromatic carboxylic acids is 1. The topological polar surface area (TPSA) is 83.6 Å². The lowest BCUT2D eigenvalue weighted by molar-refractivity contribution is -0.118. The Morgan fingerprint density at radius 3 is 2.80 bits per heavy atom. The molecule has 2 aromatic rings. The molecule has 1 N–H and O–H groups in total. The molecule has 1 aromatic carbocycles. The van der Waals surface area contributed by atoms with Gasteiger partial charge in [-0.3, -0.25) is 4.79 Å². The first-order valence-corrected chi connectivity index (χ1v) is 6.11. The highest BCUT2D eigenvalue weighted by molar-refractivity contribution is 6.04. The quantitative estimate of drug-likeness (QED) is 0.905. The second-order valence-electron chi connectivity index (χ2n) is 4.77. The zero-order chi connectivity index (χ0) is 14.4. The first-order valence-electron chi connectivity index (χ1n) is 6.11. The normalized spacial score (nSPS) is 17.4. The van der Waals surface area contributed by atoms with Crippen molar-refractivity contribution in [3.63, 3.8) is 0 Å². The smallest absolute Gasteiger partial charge is 0.358 e. The Morgan fingerprint density at radius 2 is 2.15 bits per heavy atom. The van der Waals surface area contributed by atoms with E-state index in [2.05, 4.69) is 5.16 Å². The molecule has 0 saturated carbocycles. The second-order valence-corrected chi connectivity index (χ2v) is 4.77. The molecule has 1 aliphatic heterocycles. The number of nitrogens with zero attached hydrogens (tertiary/aromatic N) is 2. The molecule has 0 aliphatic carbocycles. The van der Waals surface area contributed by atoms with Gasteiger partial charge in [-0.2, -0.15) is 0 Å². The van der Waals surface area contributed by atoms with Crippen molar-refractivity contribution in [1.82, 2.24) is 5.16 Å². The van der Waals surface area contributed by atoms with E-state index in [9.17, 15) is 9.59 Å². The van der Waals surface area contributed by atoms with E-state index >= 15 is 0 Å². The third-order valence-electron chi connectivity index (χ3n) is 3.57. The maximum Gasteiger partial charge on any atom is 0.358 e. The van der Waals surface area contributed by atoms with Crippen molar-refractivity contribution in [3.8, 4) is 11.3 Å². The number of anilines is 1. The van der Waals surface area contributed by atoms with Gasteiger partial charge in [-0.15, -0.1) is 0 Å². The van der Waals surface area contributed by atoms with Crippen LogP contribution in [0.1, 0.15) is 28.9 Å². The average Bonchev–Trinajstić information content (AvgIpc) is 3.00. The second kappa shape index (κ2) is 4.19. The van der Waals surface area contributed by atoms with E-state index in [1.165, 1.54) is 6.07 Å². The van der Waals surface area contributed by atoms with E-state index in [1.807, 2.05) is 19.1 Å². The summed E-state index contributed by atoms with van der Waals surface area (Å²) in [5.74, 6) is -0.929. The van der Waals surface area contributed by atoms with Crippen LogP contribution in [0.5, 0.6) is 0 Å². The summed E-state index contributed by atoms with van der Waals surface area (Å²) < 4.78 is 5.03. The van der Waals surface area contributed by atoms with Crippen LogP contribution >= 0.6 is 0 Å². The number of fused-ring (bicyclic) bond motifs is 1. The summed E-state index contributed by atoms with van der Waals surface area (Å²) in [6, 6.07) is 6.82. The molecule has 6 nitrogen and oxygen atoms in total. The Labute approximate surface area is 114 Å². The Balaban J connectivity index is 2.05. The highest BCUT2D eigenvalue weighted by atomic mass is 16.5. The summed E-state index contributed by atoms with van der Waals surface area (Å²) in [6.07, 6.45) is 0. The zero-order valence-corrected chi connectivity index (χ0v) is 11.0. The van der Waals surface area contributed by atoms with Crippen molar-refractivity contribution in [3.05, 3.63) is 35.5 Å². The predicted molar refractivity (Wildman–Crippen MR) is 70.7 cm³/mol. The fourth-order valence-electron chi connectivity index (χ4n) is 2.41. The molecule has 0 bridgehead atoms. The first kappa shape index (κ1) is 12.4. The standard InChI is InChI=1S/C14H12N2O4/c1-7-9-5-8(3-4-11(9)16(2)13(7)17)12-6-10(14(18)19)15-20-12/h3-7H,1-2H3,(H,18,19). The number of carbonyl (C=O) groups excluding carboxylic acids is 1. The molecule has 20 heavy (non-hydrogen) atoms. The van der Waals surface area contributed by atoms with E-state index in [1.54, 1.807) is 18.0 Å². The summed E-state index contributed by atoms with van der Waals surface area (Å²) >= 11 is 0. The van der Waals surface area contributed by atoms with Gasteiger partial charge < -0.3 is 14.5 Å². The van der Waals surface area contributed by atoms with Gasteiger partial charge in [-0.25, -0.2) is 4.79 Å². The lowest BCUT2D eigenvalue weighted by atomic mass is 9.99. The van der Waals surface area contributed by atoms with E-state index in [0.29, 0.717) is 11.3 Å². The van der Waals surface area contributed by atoms with Crippen LogP contribution in [0.3, 0.4) is 0 Å². The molecule has 102 valence electrons. The molecule has 0 radical (unpaired) electrons. The van der Waals surface area contributed by atoms with E-state index in [0.717, 1.165) is 11.3 Å². The average molecular weight is 272 g/mol. The molecule has 0 spiro atoms. The molecule has 0 saturated heterocycles. The summed E-state index contributed by atoms with van der Waals surface area (Å²) in [5.41, 5.74) is 2.34. The Kier molecular flexibility index (Phi) is 2.60.